The number of para-hydroxylation sites is 1. The Bertz CT molecular complexity index is 976. The van der Waals surface area contributed by atoms with Gasteiger partial charge in [-0.3, -0.25) is 0 Å². The van der Waals surface area contributed by atoms with Gasteiger partial charge >= 0.3 is 6.03 Å². The number of hydrogen-bond acceptors (Lipinski definition) is 6. The number of carbonyl (C=O) groups excluding carboxylic acids is 1. The molecule has 2 aromatic rings. The van der Waals surface area contributed by atoms with Gasteiger partial charge in [0.05, 0.1) is 45.4 Å². The van der Waals surface area contributed by atoms with Gasteiger partial charge in [-0.05, 0) is 29.8 Å². The van der Waals surface area contributed by atoms with Crippen molar-refractivity contribution in [3.05, 3.63) is 53.1 Å². The second kappa shape index (κ2) is 10.5. The minimum atomic E-state index is -2.17. The summed E-state index contributed by atoms with van der Waals surface area (Å²) in [4.78, 5) is 11.3. The van der Waals surface area contributed by atoms with E-state index < -0.39 is 17.1 Å². The molecule has 10 heteroatoms. The number of primary amides is 1. The number of hydrogen-bond donors (Lipinski definition) is 3. The molecule has 0 saturated heterocycles. The van der Waals surface area contributed by atoms with Crippen molar-refractivity contribution in [2.75, 3.05) is 33.8 Å². The first-order valence-electron chi connectivity index (χ1n) is 8.67. The standard InChI is InChI=1S/C20H24N2O7S/c1-26-16-8-6-5-7-13(16)18(28-3)19(29-4)14-10-17(27-2)15(22-20(21)23)9-12(14)11-30(24)25/h5-10H,11H2,1-4H3,(H,24,25)(H3,21,22,23). The van der Waals surface area contributed by atoms with E-state index in [2.05, 4.69) is 5.32 Å². The fraction of sp³-hybridized carbons (Fsp3) is 0.250. The summed E-state index contributed by atoms with van der Waals surface area (Å²) in [6, 6.07) is 9.46. The third-order valence-corrected chi connectivity index (χ3v) is 4.73. The molecule has 2 aromatic carbocycles. The number of nitrogens with two attached hydrogens (primary N) is 1. The molecule has 0 aliphatic rings. The summed E-state index contributed by atoms with van der Waals surface area (Å²) >= 11 is -2.17. The van der Waals surface area contributed by atoms with Crippen molar-refractivity contribution < 1.29 is 32.5 Å². The van der Waals surface area contributed by atoms with Gasteiger partial charge in [0.2, 0.25) is 0 Å². The van der Waals surface area contributed by atoms with Crippen molar-refractivity contribution in [3.63, 3.8) is 0 Å². The van der Waals surface area contributed by atoms with Gasteiger partial charge in [-0.15, -0.1) is 0 Å². The summed E-state index contributed by atoms with van der Waals surface area (Å²) in [6.07, 6.45) is 0. The number of ether oxygens (including phenoxy) is 4. The van der Waals surface area contributed by atoms with Gasteiger partial charge in [-0.2, -0.15) is 0 Å². The Morgan fingerprint density at radius 3 is 2.13 bits per heavy atom. The van der Waals surface area contributed by atoms with Crippen LogP contribution in [0.2, 0.25) is 0 Å². The van der Waals surface area contributed by atoms with Crippen molar-refractivity contribution in [2.45, 2.75) is 5.75 Å². The number of nitrogens with one attached hydrogen (secondary N) is 1. The van der Waals surface area contributed by atoms with E-state index >= 15 is 0 Å². The lowest BCUT2D eigenvalue weighted by Gasteiger charge is -2.20. The Balaban J connectivity index is 2.82. The summed E-state index contributed by atoms with van der Waals surface area (Å²) in [7, 11) is 5.88. The van der Waals surface area contributed by atoms with Crippen LogP contribution in [0, 0.1) is 0 Å². The van der Waals surface area contributed by atoms with Gasteiger partial charge < -0.3 is 34.6 Å². The van der Waals surface area contributed by atoms with Crippen LogP contribution >= 0.6 is 0 Å². The van der Waals surface area contributed by atoms with Gasteiger partial charge in [0.1, 0.15) is 11.5 Å². The van der Waals surface area contributed by atoms with Crippen LogP contribution < -0.4 is 20.5 Å². The number of urea groups is 1. The van der Waals surface area contributed by atoms with Gasteiger partial charge in [0, 0.05) is 5.56 Å². The molecule has 9 nitrogen and oxygen atoms in total. The summed E-state index contributed by atoms with van der Waals surface area (Å²) in [5.74, 6) is 1.23. The molecule has 2 amide bonds. The summed E-state index contributed by atoms with van der Waals surface area (Å²) in [5, 5.41) is 2.44. The third-order valence-electron chi connectivity index (χ3n) is 4.17. The quantitative estimate of drug-likeness (QED) is 0.313. The molecular weight excluding hydrogens is 412 g/mol. The molecule has 0 spiro atoms. The van der Waals surface area contributed by atoms with Crippen LogP contribution in [-0.4, -0.2) is 43.2 Å². The Hall–Kier alpha value is -3.24. The van der Waals surface area contributed by atoms with Gasteiger partial charge in [-0.1, -0.05) is 12.1 Å². The molecular formula is C20H24N2O7S. The van der Waals surface area contributed by atoms with Crippen LogP contribution in [0.3, 0.4) is 0 Å². The number of benzene rings is 2. The number of methoxy groups -OCH3 is 4. The molecule has 0 saturated carbocycles. The number of rotatable bonds is 9. The molecule has 0 bridgehead atoms. The summed E-state index contributed by atoms with van der Waals surface area (Å²) < 4.78 is 43.1. The minimum Gasteiger partial charge on any atom is -0.496 e. The summed E-state index contributed by atoms with van der Waals surface area (Å²) in [5.41, 5.74) is 6.93. The minimum absolute atomic E-state index is 0.234. The van der Waals surface area contributed by atoms with E-state index in [0.717, 1.165) is 0 Å². The van der Waals surface area contributed by atoms with Crippen molar-refractivity contribution >= 4 is 34.3 Å². The van der Waals surface area contributed by atoms with Crippen LogP contribution in [0.4, 0.5) is 10.5 Å². The molecule has 4 N–H and O–H groups in total. The molecule has 0 fully saturated rings. The highest BCUT2D eigenvalue weighted by Crippen LogP contribution is 2.38. The van der Waals surface area contributed by atoms with Crippen LogP contribution in [0.5, 0.6) is 11.5 Å². The van der Waals surface area contributed by atoms with E-state index in [9.17, 15) is 13.6 Å². The van der Waals surface area contributed by atoms with Crippen molar-refractivity contribution in [1.29, 1.82) is 0 Å². The lowest BCUT2D eigenvalue weighted by atomic mass is 10.0. The third kappa shape index (κ3) is 5.22. The van der Waals surface area contributed by atoms with E-state index in [-0.39, 0.29) is 22.9 Å². The van der Waals surface area contributed by atoms with Crippen LogP contribution in [0.25, 0.3) is 11.5 Å². The number of carbonyl (C=O) groups is 1. The fourth-order valence-corrected chi connectivity index (χ4v) is 3.47. The Morgan fingerprint density at radius 1 is 1.00 bits per heavy atom. The highest BCUT2D eigenvalue weighted by Gasteiger charge is 2.22. The largest absolute Gasteiger partial charge is 0.496 e. The number of anilines is 1. The Labute approximate surface area is 177 Å². The average molecular weight is 436 g/mol. The molecule has 0 aliphatic heterocycles. The van der Waals surface area contributed by atoms with Crippen molar-refractivity contribution in [3.8, 4) is 11.5 Å². The van der Waals surface area contributed by atoms with Gasteiger partial charge in [0.25, 0.3) is 0 Å². The van der Waals surface area contributed by atoms with Crippen molar-refractivity contribution in [2.24, 2.45) is 5.73 Å². The lowest BCUT2D eigenvalue weighted by Crippen LogP contribution is -2.20. The molecule has 0 radical (unpaired) electrons. The van der Waals surface area contributed by atoms with E-state index in [1.807, 2.05) is 12.1 Å². The van der Waals surface area contributed by atoms with Gasteiger partial charge in [0.15, 0.2) is 22.6 Å². The van der Waals surface area contributed by atoms with E-state index in [0.29, 0.717) is 28.2 Å². The maximum atomic E-state index is 11.6. The molecule has 30 heavy (non-hydrogen) atoms. The Morgan fingerprint density at radius 2 is 1.60 bits per heavy atom. The molecule has 1 unspecified atom stereocenters. The predicted molar refractivity (Wildman–Crippen MR) is 115 cm³/mol. The van der Waals surface area contributed by atoms with E-state index in [4.69, 9.17) is 24.7 Å². The predicted octanol–water partition coefficient (Wildman–Crippen LogP) is 3.03. The molecule has 0 aromatic heterocycles. The lowest BCUT2D eigenvalue weighted by molar-refractivity contribution is 0.259. The maximum Gasteiger partial charge on any atom is 0.316 e. The fourth-order valence-electron chi connectivity index (χ4n) is 2.97. The highest BCUT2D eigenvalue weighted by atomic mass is 32.2. The van der Waals surface area contributed by atoms with Crippen LogP contribution in [0.15, 0.2) is 36.4 Å². The highest BCUT2D eigenvalue weighted by molar-refractivity contribution is 7.78. The molecule has 2 rings (SSSR count). The second-order valence-electron chi connectivity index (χ2n) is 5.93. The van der Waals surface area contributed by atoms with Crippen LogP contribution in [0.1, 0.15) is 16.7 Å². The first-order chi connectivity index (χ1) is 14.4. The zero-order valence-corrected chi connectivity index (χ0v) is 17.9. The van der Waals surface area contributed by atoms with Crippen molar-refractivity contribution in [1.82, 2.24) is 0 Å². The zero-order chi connectivity index (χ0) is 22.3. The molecule has 162 valence electrons. The second-order valence-corrected chi connectivity index (χ2v) is 6.86. The first-order valence-corrected chi connectivity index (χ1v) is 9.94. The molecule has 0 heterocycles. The smallest absolute Gasteiger partial charge is 0.316 e. The maximum absolute atomic E-state index is 11.6. The SMILES string of the molecule is COC(=C(OC)c1ccccc1OC)c1cc(OC)c(NC(N)=O)cc1CS(=O)O. The normalized spacial score (nSPS) is 12.4. The number of amides is 2. The van der Waals surface area contributed by atoms with E-state index in [1.54, 1.807) is 18.2 Å². The first kappa shape index (κ1) is 23.0. The summed E-state index contributed by atoms with van der Waals surface area (Å²) in [6.45, 7) is 0. The van der Waals surface area contributed by atoms with Crippen LogP contribution in [-0.2, 0) is 26.3 Å². The Kier molecular flexibility index (Phi) is 8.07. The van der Waals surface area contributed by atoms with E-state index in [1.165, 1.54) is 34.5 Å². The monoisotopic (exact) mass is 436 g/mol. The van der Waals surface area contributed by atoms with Gasteiger partial charge in [-0.25, -0.2) is 9.00 Å². The average Bonchev–Trinajstić information content (AvgIpc) is 2.71. The zero-order valence-electron chi connectivity index (χ0n) is 17.1. The molecule has 0 aliphatic carbocycles. The topological polar surface area (TPSA) is 129 Å². The molecule has 1 atom stereocenters.